The molecule has 1 aliphatic heterocycles. The van der Waals surface area contributed by atoms with Gasteiger partial charge in [0, 0.05) is 24.8 Å². The van der Waals surface area contributed by atoms with Crippen molar-refractivity contribution in [2.75, 3.05) is 24.5 Å². The summed E-state index contributed by atoms with van der Waals surface area (Å²) >= 11 is 0. The van der Waals surface area contributed by atoms with Crippen LogP contribution in [-0.4, -0.2) is 36.9 Å². The molecule has 0 aromatic heterocycles. The maximum atomic E-state index is 9.50. The maximum Gasteiger partial charge on any atom is 0.0541 e. The third-order valence-corrected chi connectivity index (χ3v) is 4.72. The van der Waals surface area contributed by atoms with Gasteiger partial charge in [-0.1, -0.05) is 18.2 Å². The lowest BCUT2D eigenvalue weighted by atomic mass is 9.93. The molecule has 1 heterocycles. The Bertz CT molecular complexity index is 427. The van der Waals surface area contributed by atoms with Crippen LogP contribution in [0.5, 0.6) is 0 Å². The SMILES string of the molecule is OC1CCC(NCCCN2CCc3ccccc32)CC1. The Balaban J connectivity index is 1.37. The van der Waals surface area contributed by atoms with Gasteiger partial charge in [0.2, 0.25) is 0 Å². The van der Waals surface area contributed by atoms with Crippen molar-refractivity contribution >= 4 is 5.69 Å². The van der Waals surface area contributed by atoms with Crippen LogP contribution < -0.4 is 10.2 Å². The molecule has 1 aliphatic carbocycles. The summed E-state index contributed by atoms with van der Waals surface area (Å²) in [5.74, 6) is 0. The Hall–Kier alpha value is -1.06. The van der Waals surface area contributed by atoms with Crippen LogP contribution in [0.2, 0.25) is 0 Å². The summed E-state index contributed by atoms with van der Waals surface area (Å²) in [7, 11) is 0. The zero-order chi connectivity index (χ0) is 13.8. The maximum absolute atomic E-state index is 9.50. The van der Waals surface area contributed by atoms with E-state index in [1.165, 1.54) is 30.6 Å². The second-order valence-corrected chi connectivity index (χ2v) is 6.18. The Kier molecular flexibility index (Phi) is 4.58. The number of anilines is 1. The van der Waals surface area contributed by atoms with Gasteiger partial charge in [0.1, 0.15) is 0 Å². The van der Waals surface area contributed by atoms with Crippen LogP contribution in [0.1, 0.15) is 37.7 Å². The molecule has 3 rings (SSSR count). The van der Waals surface area contributed by atoms with Gasteiger partial charge in [0.15, 0.2) is 0 Å². The summed E-state index contributed by atoms with van der Waals surface area (Å²) in [6, 6.07) is 9.41. The Morgan fingerprint density at radius 3 is 2.80 bits per heavy atom. The molecule has 2 aliphatic rings. The van der Waals surface area contributed by atoms with Crippen molar-refractivity contribution in [3.63, 3.8) is 0 Å². The molecular formula is C17H26N2O. The van der Waals surface area contributed by atoms with Gasteiger partial charge in [-0.15, -0.1) is 0 Å². The molecule has 0 atom stereocenters. The molecular weight excluding hydrogens is 248 g/mol. The molecule has 0 radical (unpaired) electrons. The van der Waals surface area contributed by atoms with E-state index in [0.29, 0.717) is 6.04 Å². The van der Waals surface area contributed by atoms with Crippen LogP contribution >= 0.6 is 0 Å². The van der Waals surface area contributed by atoms with E-state index in [1.54, 1.807) is 0 Å². The van der Waals surface area contributed by atoms with Crippen molar-refractivity contribution in [2.45, 2.75) is 50.7 Å². The van der Waals surface area contributed by atoms with Gasteiger partial charge in [-0.2, -0.15) is 0 Å². The number of hydrogen-bond donors (Lipinski definition) is 2. The highest BCUT2D eigenvalue weighted by Gasteiger charge is 2.19. The molecule has 0 saturated heterocycles. The number of rotatable bonds is 5. The van der Waals surface area contributed by atoms with Gasteiger partial charge >= 0.3 is 0 Å². The highest BCUT2D eigenvalue weighted by atomic mass is 16.3. The third kappa shape index (κ3) is 3.33. The molecule has 2 N–H and O–H groups in total. The predicted molar refractivity (Wildman–Crippen MR) is 83.2 cm³/mol. The topological polar surface area (TPSA) is 35.5 Å². The van der Waals surface area contributed by atoms with Gasteiger partial charge < -0.3 is 15.3 Å². The lowest BCUT2D eigenvalue weighted by Gasteiger charge is -2.27. The minimum atomic E-state index is -0.0471. The van der Waals surface area contributed by atoms with Crippen LogP contribution in [-0.2, 0) is 6.42 Å². The fourth-order valence-electron chi connectivity index (χ4n) is 3.49. The Morgan fingerprint density at radius 1 is 1.15 bits per heavy atom. The summed E-state index contributed by atoms with van der Waals surface area (Å²) in [6.45, 7) is 3.42. The van der Waals surface area contributed by atoms with Gasteiger partial charge in [0.25, 0.3) is 0 Å². The van der Waals surface area contributed by atoms with Gasteiger partial charge in [-0.05, 0) is 56.7 Å². The first-order valence-corrected chi connectivity index (χ1v) is 8.07. The highest BCUT2D eigenvalue weighted by Crippen LogP contribution is 2.27. The second kappa shape index (κ2) is 6.59. The molecule has 3 heteroatoms. The minimum Gasteiger partial charge on any atom is -0.393 e. The molecule has 1 saturated carbocycles. The molecule has 3 nitrogen and oxygen atoms in total. The summed E-state index contributed by atoms with van der Waals surface area (Å²) in [5.41, 5.74) is 2.94. The zero-order valence-corrected chi connectivity index (χ0v) is 12.2. The van der Waals surface area contributed by atoms with Crippen LogP contribution in [0, 0.1) is 0 Å². The lowest BCUT2D eigenvalue weighted by molar-refractivity contribution is 0.117. The van der Waals surface area contributed by atoms with Crippen LogP contribution in [0.15, 0.2) is 24.3 Å². The van der Waals surface area contributed by atoms with Crippen molar-refractivity contribution in [3.05, 3.63) is 29.8 Å². The predicted octanol–water partition coefficient (Wildman–Crippen LogP) is 2.33. The number of aliphatic hydroxyl groups is 1. The monoisotopic (exact) mass is 274 g/mol. The van der Waals surface area contributed by atoms with Crippen molar-refractivity contribution in [3.8, 4) is 0 Å². The highest BCUT2D eigenvalue weighted by molar-refractivity contribution is 5.57. The van der Waals surface area contributed by atoms with E-state index < -0.39 is 0 Å². The number of nitrogens with zero attached hydrogens (tertiary/aromatic N) is 1. The fraction of sp³-hybridized carbons (Fsp3) is 0.647. The van der Waals surface area contributed by atoms with Crippen molar-refractivity contribution in [1.82, 2.24) is 5.32 Å². The van der Waals surface area contributed by atoms with Crippen molar-refractivity contribution < 1.29 is 5.11 Å². The largest absolute Gasteiger partial charge is 0.393 e. The Morgan fingerprint density at radius 2 is 1.95 bits per heavy atom. The molecule has 1 aromatic carbocycles. The van der Waals surface area contributed by atoms with Crippen LogP contribution in [0.25, 0.3) is 0 Å². The number of nitrogens with one attached hydrogen (secondary N) is 1. The smallest absolute Gasteiger partial charge is 0.0541 e. The Labute approximate surface area is 122 Å². The second-order valence-electron chi connectivity index (χ2n) is 6.18. The molecule has 0 spiro atoms. The van der Waals surface area contributed by atoms with E-state index in [2.05, 4.69) is 34.5 Å². The minimum absolute atomic E-state index is 0.0471. The van der Waals surface area contributed by atoms with E-state index in [9.17, 15) is 5.11 Å². The van der Waals surface area contributed by atoms with Crippen LogP contribution in [0.4, 0.5) is 5.69 Å². The van der Waals surface area contributed by atoms with Gasteiger partial charge in [0.05, 0.1) is 6.10 Å². The molecule has 0 unspecified atom stereocenters. The number of benzene rings is 1. The zero-order valence-electron chi connectivity index (χ0n) is 12.2. The normalized spacial score (nSPS) is 25.8. The summed E-state index contributed by atoms with van der Waals surface area (Å²) < 4.78 is 0. The third-order valence-electron chi connectivity index (χ3n) is 4.72. The van der Waals surface area contributed by atoms with E-state index in [4.69, 9.17) is 0 Å². The van der Waals surface area contributed by atoms with Crippen molar-refractivity contribution in [1.29, 1.82) is 0 Å². The quantitative estimate of drug-likeness (QED) is 0.809. The first-order valence-electron chi connectivity index (χ1n) is 8.07. The summed E-state index contributed by atoms with van der Waals surface area (Å²) in [6.07, 6.45) is 6.56. The number of aliphatic hydroxyl groups excluding tert-OH is 1. The standard InChI is InChI=1S/C17H26N2O/c20-16-8-6-15(7-9-16)18-11-3-12-19-13-10-14-4-1-2-5-17(14)19/h1-2,4-5,15-16,18,20H,3,6-13H2. The van der Waals surface area contributed by atoms with Crippen molar-refractivity contribution in [2.24, 2.45) is 0 Å². The molecule has 1 fully saturated rings. The average molecular weight is 274 g/mol. The van der Waals surface area contributed by atoms with E-state index in [1.807, 2.05) is 0 Å². The molecule has 110 valence electrons. The molecule has 0 amide bonds. The summed E-state index contributed by atoms with van der Waals surface area (Å²) in [4.78, 5) is 2.52. The molecule has 20 heavy (non-hydrogen) atoms. The van der Waals surface area contributed by atoms with Gasteiger partial charge in [-0.25, -0.2) is 0 Å². The number of hydrogen-bond acceptors (Lipinski definition) is 3. The number of para-hydroxylation sites is 1. The summed E-state index contributed by atoms with van der Waals surface area (Å²) in [5, 5.41) is 13.2. The average Bonchev–Trinajstić information content (AvgIpc) is 2.89. The van der Waals surface area contributed by atoms with Gasteiger partial charge in [-0.3, -0.25) is 0 Å². The number of fused-ring (bicyclic) bond motifs is 1. The fourth-order valence-corrected chi connectivity index (χ4v) is 3.49. The van der Waals surface area contributed by atoms with Crippen LogP contribution in [0.3, 0.4) is 0 Å². The van der Waals surface area contributed by atoms with E-state index in [-0.39, 0.29) is 6.10 Å². The molecule has 1 aromatic rings. The lowest BCUT2D eigenvalue weighted by Crippen LogP contribution is -2.36. The molecule has 0 bridgehead atoms. The van der Waals surface area contributed by atoms with E-state index in [0.717, 1.165) is 38.8 Å². The first kappa shape index (κ1) is 13.9. The first-order chi connectivity index (χ1) is 9.83. The van der Waals surface area contributed by atoms with E-state index >= 15 is 0 Å².